The Bertz CT molecular complexity index is 977. The molecule has 0 aromatic heterocycles. The number of para-hydroxylation sites is 1. The highest BCUT2D eigenvalue weighted by molar-refractivity contribution is 7.89. The van der Waals surface area contributed by atoms with E-state index in [4.69, 9.17) is 12.2 Å². The molecule has 2 aromatic carbocycles. The number of anilines is 1. The standard InChI is InChI=1S/C20H24FN3O2S2/c1-14-12-15(2)19(16(3)13-14)28(25,26)24-10-8-23(9-11-24)20(27)22-18-7-5-4-6-17(18)21/h4-7,12-13H,8-11H2,1-3H3,(H,22,27). The van der Waals surface area contributed by atoms with Gasteiger partial charge >= 0.3 is 0 Å². The molecule has 0 bridgehead atoms. The number of halogens is 1. The molecule has 2 aromatic rings. The number of aryl methyl sites for hydroxylation is 3. The van der Waals surface area contributed by atoms with Crippen molar-refractivity contribution < 1.29 is 12.8 Å². The van der Waals surface area contributed by atoms with E-state index in [2.05, 4.69) is 5.32 Å². The molecule has 1 aliphatic heterocycles. The number of piperazine rings is 1. The highest BCUT2D eigenvalue weighted by Gasteiger charge is 2.31. The molecule has 0 unspecified atom stereocenters. The van der Waals surface area contributed by atoms with Gasteiger partial charge in [-0.15, -0.1) is 0 Å². The number of rotatable bonds is 3. The Hall–Kier alpha value is -2.03. The molecule has 0 atom stereocenters. The molecule has 1 N–H and O–H groups in total. The van der Waals surface area contributed by atoms with Gasteiger partial charge < -0.3 is 10.2 Å². The van der Waals surface area contributed by atoms with Gasteiger partial charge in [0, 0.05) is 26.2 Å². The van der Waals surface area contributed by atoms with Crippen molar-refractivity contribution in [1.82, 2.24) is 9.21 Å². The lowest BCUT2D eigenvalue weighted by Gasteiger charge is -2.36. The molecule has 28 heavy (non-hydrogen) atoms. The summed E-state index contributed by atoms with van der Waals surface area (Å²) in [6, 6.07) is 10.1. The van der Waals surface area contributed by atoms with Crippen LogP contribution in [0.3, 0.4) is 0 Å². The van der Waals surface area contributed by atoms with E-state index in [0.717, 1.165) is 16.7 Å². The Balaban J connectivity index is 1.70. The summed E-state index contributed by atoms with van der Waals surface area (Å²) in [6.07, 6.45) is 0. The molecule has 5 nitrogen and oxygen atoms in total. The van der Waals surface area contributed by atoms with E-state index in [-0.39, 0.29) is 5.82 Å². The molecular formula is C20H24FN3O2S2. The average molecular weight is 422 g/mol. The summed E-state index contributed by atoms with van der Waals surface area (Å²) in [7, 11) is -3.57. The molecule has 0 saturated carbocycles. The smallest absolute Gasteiger partial charge is 0.243 e. The lowest BCUT2D eigenvalue weighted by molar-refractivity contribution is 0.268. The van der Waals surface area contributed by atoms with Crippen molar-refractivity contribution in [2.24, 2.45) is 0 Å². The van der Waals surface area contributed by atoms with Gasteiger partial charge in [0.05, 0.1) is 10.6 Å². The predicted molar refractivity (Wildman–Crippen MR) is 114 cm³/mol. The van der Waals surface area contributed by atoms with E-state index in [1.165, 1.54) is 10.4 Å². The van der Waals surface area contributed by atoms with Gasteiger partial charge in [0.1, 0.15) is 5.82 Å². The van der Waals surface area contributed by atoms with Gasteiger partial charge in [-0.3, -0.25) is 0 Å². The zero-order chi connectivity index (χ0) is 20.5. The maximum atomic E-state index is 13.8. The van der Waals surface area contributed by atoms with Crippen molar-refractivity contribution in [2.75, 3.05) is 31.5 Å². The van der Waals surface area contributed by atoms with Crippen molar-refractivity contribution in [2.45, 2.75) is 25.7 Å². The fraction of sp³-hybridized carbons (Fsp3) is 0.350. The van der Waals surface area contributed by atoms with Crippen LogP contribution >= 0.6 is 12.2 Å². The zero-order valence-electron chi connectivity index (χ0n) is 16.2. The Morgan fingerprint density at radius 3 is 2.18 bits per heavy atom. The fourth-order valence-electron chi connectivity index (χ4n) is 3.59. The van der Waals surface area contributed by atoms with Crippen LogP contribution in [0.4, 0.5) is 10.1 Å². The third-order valence-electron chi connectivity index (χ3n) is 4.84. The minimum Gasteiger partial charge on any atom is -0.346 e. The molecule has 8 heteroatoms. The molecule has 0 spiro atoms. The number of thiocarbonyl (C=S) groups is 1. The monoisotopic (exact) mass is 421 g/mol. The van der Waals surface area contributed by atoms with Crippen LogP contribution in [0.25, 0.3) is 0 Å². The summed E-state index contributed by atoms with van der Waals surface area (Å²) < 4.78 is 41.6. The Morgan fingerprint density at radius 1 is 1.04 bits per heavy atom. The third-order valence-corrected chi connectivity index (χ3v) is 7.41. The highest BCUT2D eigenvalue weighted by Crippen LogP contribution is 2.26. The van der Waals surface area contributed by atoms with E-state index in [0.29, 0.717) is 41.9 Å². The van der Waals surface area contributed by atoms with Crippen molar-refractivity contribution in [3.8, 4) is 0 Å². The Kier molecular flexibility index (Phi) is 6.02. The summed E-state index contributed by atoms with van der Waals surface area (Å²) in [5.74, 6) is -0.378. The van der Waals surface area contributed by atoms with Crippen LogP contribution < -0.4 is 5.32 Å². The lowest BCUT2D eigenvalue weighted by Crippen LogP contribution is -2.51. The second-order valence-corrected chi connectivity index (χ2v) is 9.29. The number of sulfonamides is 1. The van der Waals surface area contributed by atoms with Crippen LogP contribution in [0.5, 0.6) is 0 Å². The first-order valence-corrected chi connectivity index (χ1v) is 10.9. The van der Waals surface area contributed by atoms with Gasteiger partial charge in [-0.25, -0.2) is 12.8 Å². The number of hydrogen-bond acceptors (Lipinski definition) is 3. The molecule has 0 amide bonds. The molecule has 3 rings (SSSR count). The van der Waals surface area contributed by atoms with Gasteiger partial charge in [0.2, 0.25) is 10.0 Å². The molecule has 1 heterocycles. The van der Waals surface area contributed by atoms with Crippen LogP contribution in [0.15, 0.2) is 41.3 Å². The molecule has 1 fully saturated rings. The van der Waals surface area contributed by atoms with Gasteiger partial charge in [-0.2, -0.15) is 4.31 Å². The quantitative estimate of drug-likeness (QED) is 0.770. The zero-order valence-corrected chi connectivity index (χ0v) is 17.8. The number of nitrogens with zero attached hydrogens (tertiary/aromatic N) is 2. The average Bonchev–Trinajstić information content (AvgIpc) is 2.62. The summed E-state index contributed by atoms with van der Waals surface area (Å²) >= 11 is 5.38. The largest absolute Gasteiger partial charge is 0.346 e. The van der Waals surface area contributed by atoms with E-state index in [9.17, 15) is 12.8 Å². The predicted octanol–water partition coefficient (Wildman–Crippen LogP) is 3.45. The Labute approximate surface area is 171 Å². The van der Waals surface area contributed by atoms with Crippen LogP contribution in [0.1, 0.15) is 16.7 Å². The minimum absolute atomic E-state index is 0.313. The highest BCUT2D eigenvalue weighted by atomic mass is 32.2. The van der Waals surface area contributed by atoms with Crippen molar-refractivity contribution in [1.29, 1.82) is 0 Å². The molecule has 0 aliphatic carbocycles. The maximum absolute atomic E-state index is 13.8. The Morgan fingerprint density at radius 2 is 1.61 bits per heavy atom. The van der Waals surface area contributed by atoms with Crippen molar-refractivity contribution in [3.05, 3.63) is 58.9 Å². The minimum atomic E-state index is -3.57. The van der Waals surface area contributed by atoms with Gasteiger partial charge in [-0.05, 0) is 56.2 Å². The normalized spacial score (nSPS) is 15.5. The van der Waals surface area contributed by atoms with E-state index in [1.807, 2.05) is 37.8 Å². The topological polar surface area (TPSA) is 52.7 Å². The summed E-state index contributed by atoms with van der Waals surface area (Å²) in [5.41, 5.74) is 2.88. The van der Waals surface area contributed by atoms with Crippen molar-refractivity contribution >= 4 is 33.0 Å². The second kappa shape index (κ2) is 8.14. The molecular weight excluding hydrogens is 397 g/mol. The van der Waals surface area contributed by atoms with E-state index in [1.54, 1.807) is 18.2 Å². The summed E-state index contributed by atoms with van der Waals surface area (Å²) in [4.78, 5) is 2.25. The maximum Gasteiger partial charge on any atom is 0.243 e. The van der Waals surface area contributed by atoms with Crippen molar-refractivity contribution in [3.63, 3.8) is 0 Å². The third kappa shape index (κ3) is 4.19. The van der Waals surface area contributed by atoms with Gasteiger partial charge in [-0.1, -0.05) is 29.8 Å². The van der Waals surface area contributed by atoms with Gasteiger partial charge in [0.15, 0.2) is 5.11 Å². The number of nitrogens with one attached hydrogen (secondary N) is 1. The van der Waals surface area contributed by atoms with E-state index >= 15 is 0 Å². The molecule has 1 saturated heterocycles. The van der Waals surface area contributed by atoms with Crippen LogP contribution in [0.2, 0.25) is 0 Å². The van der Waals surface area contributed by atoms with E-state index < -0.39 is 10.0 Å². The first-order chi connectivity index (χ1) is 13.2. The number of hydrogen-bond donors (Lipinski definition) is 1. The number of benzene rings is 2. The second-order valence-electron chi connectivity index (χ2n) is 7.03. The summed E-state index contributed by atoms with van der Waals surface area (Å²) in [6.45, 7) is 7.17. The molecule has 1 aliphatic rings. The fourth-order valence-corrected chi connectivity index (χ4v) is 5.72. The first-order valence-electron chi connectivity index (χ1n) is 9.08. The summed E-state index contributed by atoms with van der Waals surface area (Å²) in [5, 5.41) is 3.30. The lowest BCUT2D eigenvalue weighted by atomic mass is 10.1. The van der Waals surface area contributed by atoms with Crippen LogP contribution in [-0.2, 0) is 10.0 Å². The molecule has 0 radical (unpaired) electrons. The van der Waals surface area contributed by atoms with Crippen LogP contribution in [0, 0.1) is 26.6 Å². The first kappa shape index (κ1) is 20.7. The van der Waals surface area contributed by atoms with Crippen LogP contribution in [-0.4, -0.2) is 48.9 Å². The SMILES string of the molecule is Cc1cc(C)c(S(=O)(=O)N2CCN(C(=S)Nc3ccccc3F)CC2)c(C)c1. The molecule has 150 valence electrons. The van der Waals surface area contributed by atoms with Gasteiger partial charge in [0.25, 0.3) is 0 Å².